The normalized spacial score (nSPS) is 16.8. The number of para-hydroxylation sites is 2. The summed E-state index contributed by atoms with van der Waals surface area (Å²) in [6, 6.07) is 65.5. The summed E-state index contributed by atoms with van der Waals surface area (Å²) in [5, 5.41) is 2.53. The monoisotopic (exact) mass is 702 g/mol. The number of benzene rings is 8. The third-order valence-corrected chi connectivity index (χ3v) is 13.1. The molecular weight excluding hydrogens is 665 g/mol. The summed E-state index contributed by atoms with van der Waals surface area (Å²) in [6.45, 7) is 7.35. The second-order valence-corrected chi connectivity index (χ2v) is 16.2. The van der Waals surface area contributed by atoms with Gasteiger partial charge in [0.1, 0.15) is 0 Å². The first kappa shape index (κ1) is 30.8. The Morgan fingerprint density at radius 2 is 1.00 bits per heavy atom. The van der Waals surface area contributed by atoms with Crippen molar-refractivity contribution in [2.45, 2.75) is 31.6 Å². The number of aromatic nitrogens is 1. The van der Waals surface area contributed by atoms with E-state index < -0.39 is 0 Å². The molecule has 2 heterocycles. The maximum absolute atomic E-state index is 2.54. The molecule has 1 atom stereocenters. The molecule has 1 aliphatic heterocycles. The molecular formula is C53H38N2. The Balaban J connectivity index is 1.05. The van der Waals surface area contributed by atoms with Crippen molar-refractivity contribution in [2.75, 3.05) is 4.90 Å². The van der Waals surface area contributed by atoms with Crippen molar-refractivity contribution in [3.8, 4) is 39.1 Å². The fourth-order valence-corrected chi connectivity index (χ4v) is 10.8. The van der Waals surface area contributed by atoms with Gasteiger partial charge in [-0.3, -0.25) is 0 Å². The van der Waals surface area contributed by atoms with Gasteiger partial charge in [-0.15, -0.1) is 0 Å². The molecule has 0 fully saturated rings. The van der Waals surface area contributed by atoms with Crippen molar-refractivity contribution >= 4 is 38.9 Å². The first-order chi connectivity index (χ1) is 26.9. The van der Waals surface area contributed by atoms with Crippen LogP contribution in [-0.2, 0) is 10.8 Å². The van der Waals surface area contributed by atoms with Gasteiger partial charge in [-0.25, -0.2) is 0 Å². The number of fused-ring (bicyclic) bond motifs is 12. The maximum atomic E-state index is 2.54. The average Bonchev–Trinajstić information content (AvgIpc) is 3.80. The first-order valence-corrected chi connectivity index (χ1v) is 19.4. The van der Waals surface area contributed by atoms with E-state index in [1.54, 1.807) is 0 Å². The zero-order valence-electron chi connectivity index (χ0n) is 31.1. The zero-order valence-corrected chi connectivity index (χ0v) is 31.1. The molecule has 12 rings (SSSR count). The van der Waals surface area contributed by atoms with Crippen LogP contribution < -0.4 is 4.90 Å². The molecule has 0 saturated heterocycles. The molecule has 8 aromatic carbocycles. The van der Waals surface area contributed by atoms with Crippen molar-refractivity contribution in [1.82, 2.24) is 4.57 Å². The van der Waals surface area contributed by atoms with Gasteiger partial charge in [0.05, 0.1) is 22.4 Å². The van der Waals surface area contributed by atoms with Gasteiger partial charge in [-0.2, -0.15) is 0 Å². The summed E-state index contributed by atoms with van der Waals surface area (Å²) >= 11 is 0. The molecule has 0 saturated carbocycles. The molecule has 3 aliphatic rings. The van der Waals surface area contributed by atoms with Gasteiger partial charge in [0.25, 0.3) is 0 Å². The predicted molar refractivity (Wildman–Crippen MR) is 229 cm³/mol. The molecule has 260 valence electrons. The van der Waals surface area contributed by atoms with Crippen LogP contribution in [0.25, 0.3) is 60.9 Å². The Morgan fingerprint density at radius 1 is 0.382 bits per heavy atom. The zero-order chi connectivity index (χ0) is 36.6. The molecule has 9 aromatic rings. The number of hydrogen-bond acceptors (Lipinski definition) is 1. The van der Waals surface area contributed by atoms with Gasteiger partial charge >= 0.3 is 0 Å². The molecule has 2 heteroatoms. The van der Waals surface area contributed by atoms with Gasteiger partial charge in [0, 0.05) is 33.0 Å². The summed E-state index contributed by atoms with van der Waals surface area (Å²) in [5.74, 6) is 0. The molecule has 0 amide bonds. The number of nitrogens with zero attached hydrogens (tertiary/aromatic N) is 2. The Kier molecular flexibility index (Phi) is 6.01. The highest BCUT2D eigenvalue weighted by Crippen LogP contribution is 2.66. The Labute approximate surface area is 321 Å². The summed E-state index contributed by atoms with van der Waals surface area (Å²) in [7, 11) is 0. The van der Waals surface area contributed by atoms with Crippen LogP contribution in [0.4, 0.5) is 17.1 Å². The Morgan fingerprint density at radius 3 is 1.82 bits per heavy atom. The SMILES string of the molecule is CC1(C)c2ccccc2-c2ccc3c(c21)C1(C)c2ccccc2-c2cccc(c21)N3c1ccc(-c2ccc3c(c2)c2ccccc2n3-c2ccccc2)cc1. The van der Waals surface area contributed by atoms with Gasteiger partial charge in [0.2, 0.25) is 0 Å². The topological polar surface area (TPSA) is 8.17 Å². The molecule has 0 radical (unpaired) electrons. The minimum Gasteiger partial charge on any atom is -0.310 e. The summed E-state index contributed by atoms with van der Waals surface area (Å²) in [4.78, 5) is 2.54. The minimum atomic E-state index is -0.298. The highest BCUT2D eigenvalue weighted by Gasteiger charge is 2.52. The Hall–Kier alpha value is -6.64. The van der Waals surface area contributed by atoms with Crippen LogP contribution in [0.15, 0.2) is 176 Å². The largest absolute Gasteiger partial charge is 0.310 e. The van der Waals surface area contributed by atoms with Crippen molar-refractivity contribution < 1.29 is 0 Å². The lowest BCUT2D eigenvalue weighted by atomic mass is 9.65. The van der Waals surface area contributed by atoms with E-state index in [1.807, 2.05) is 0 Å². The first-order valence-electron chi connectivity index (χ1n) is 19.4. The van der Waals surface area contributed by atoms with Crippen LogP contribution in [0.3, 0.4) is 0 Å². The van der Waals surface area contributed by atoms with E-state index in [9.17, 15) is 0 Å². The Bertz CT molecular complexity index is 3070. The summed E-state index contributed by atoms with van der Waals surface area (Å²) in [5.41, 5.74) is 21.8. The highest BCUT2D eigenvalue weighted by molar-refractivity contribution is 6.10. The van der Waals surface area contributed by atoms with Crippen molar-refractivity contribution in [2.24, 2.45) is 0 Å². The third-order valence-electron chi connectivity index (χ3n) is 13.1. The van der Waals surface area contributed by atoms with Crippen molar-refractivity contribution in [1.29, 1.82) is 0 Å². The van der Waals surface area contributed by atoms with Crippen LogP contribution >= 0.6 is 0 Å². The molecule has 0 bridgehead atoms. The van der Waals surface area contributed by atoms with E-state index >= 15 is 0 Å². The smallest absolute Gasteiger partial charge is 0.0541 e. The number of anilines is 3. The molecule has 2 aliphatic carbocycles. The van der Waals surface area contributed by atoms with Crippen molar-refractivity contribution in [3.05, 3.63) is 204 Å². The lowest BCUT2D eigenvalue weighted by Gasteiger charge is -2.45. The quantitative estimate of drug-likeness (QED) is 0.178. The molecule has 1 aromatic heterocycles. The van der Waals surface area contributed by atoms with Crippen LogP contribution in [0.2, 0.25) is 0 Å². The molecule has 2 nitrogen and oxygen atoms in total. The summed E-state index contributed by atoms with van der Waals surface area (Å²) < 4.78 is 2.38. The van der Waals surface area contributed by atoms with Crippen molar-refractivity contribution in [3.63, 3.8) is 0 Å². The molecule has 1 unspecified atom stereocenters. The van der Waals surface area contributed by atoms with Gasteiger partial charge in [0.15, 0.2) is 0 Å². The van der Waals surface area contributed by atoms with Crippen LogP contribution in [0, 0.1) is 0 Å². The van der Waals surface area contributed by atoms with Crippen LogP contribution in [0.5, 0.6) is 0 Å². The molecule has 0 N–H and O–H groups in total. The van der Waals surface area contributed by atoms with E-state index in [4.69, 9.17) is 0 Å². The second-order valence-electron chi connectivity index (χ2n) is 16.2. The average molecular weight is 703 g/mol. The predicted octanol–water partition coefficient (Wildman–Crippen LogP) is 13.9. The lowest BCUT2D eigenvalue weighted by Crippen LogP contribution is -2.35. The standard InChI is InChI=1S/C53H38N2/c1-52(2)43-20-10-7-16-37(43)41-29-31-48-51(50(41)52)53(3)44-21-11-8-17-38(44)40-19-13-23-47(49(40)53)55(48)36-27-24-33(25-28-36)34-26-30-46-42(32-34)39-18-9-12-22-45(39)54(46)35-14-5-4-6-15-35/h4-32H,1-3H3. The van der Waals surface area contributed by atoms with Crippen LogP contribution in [0.1, 0.15) is 48.6 Å². The second kappa shape index (κ2) is 10.7. The van der Waals surface area contributed by atoms with E-state index in [1.165, 1.54) is 106 Å². The maximum Gasteiger partial charge on any atom is 0.0541 e. The highest BCUT2D eigenvalue weighted by atomic mass is 15.2. The fraction of sp³-hybridized carbons (Fsp3) is 0.0943. The van der Waals surface area contributed by atoms with E-state index in [0.717, 1.165) is 0 Å². The molecule has 55 heavy (non-hydrogen) atoms. The van der Waals surface area contributed by atoms with Gasteiger partial charge in [-0.05, 0) is 123 Å². The number of rotatable bonds is 3. The van der Waals surface area contributed by atoms with E-state index in [2.05, 4.69) is 206 Å². The molecule has 0 spiro atoms. The third kappa shape index (κ3) is 3.89. The van der Waals surface area contributed by atoms with E-state index in [0.29, 0.717) is 0 Å². The number of hydrogen-bond donors (Lipinski definition) is 0. The lowest BCUT2D eigenvalue weighted by molar-refractivity contribution is 0.615. The van der Waals surface area contributed by atoms with Gasteiger partial charge in [-0.1, -0.05) is 135 Å². The van der Waals surface area contributed by atoms with E-state index in [-0.39, 0.29) is 10.8 Å². The summed E-state index contributed by atoms with van der Waals surface area (Å²) in [6.07, 6.45) is 0. The van der Waals surface area contributed by atoms with Crippen LogP contribution in [-0.4, -0.2) is 4.57 Å². The van der Waals surface area contributed by atoms with Gasteiger partial charge < -0.3 is 9.47 Å². The fourth-order valence-electron chi connectivity index (χ4n) is 10.8. The minimum absolute atomic E-state index is 0.151.